The molecule has 0 aliphatic rings. The molecule has 1 aromatic carbocycles. The highest BCUT2D eigenvalue weighted by atomic mass is 16.5. The van der Waals surface area contributed by atoms with E-state index in [1.807, 2.05) is 13.8 Å². The molecule has 24 heavy (non-hydrogen) atoms. The van der Waals surface area contributed by atoms with Crippen molar-refractivity contribution in [2.24, 2.45) is 10.9 Å². The van der Waals surface area contributed by atoms with Crippen molar-refractivity contribution in [3.8, 4) is 5.75 Å². The van der Waals surface area contributed by atoms with Crippen LogP contribution in [0.5, 0.6) is 5.75 Å². The molecule has 0 fully saturated rings. The van der Waals surface area contributed by atoms with Crippen molar-refractivity contribution in [3.63, 3.8) is 0 Å². The summed E-state index contributed by atoms with van der Waals surface area (Å²) in [7, 11) is 1.56. The number of nitrogens with one attached hydrogen (secondary N) is 1. The molecule has 0 aliphatic carbocycles. The minimum absolute atomic E-state index is 0.0257. The Hall–Kier alpha value is -2.08. The molecule has 134 valence electrons. The highest BCUT2D eigenvalue weighted by Crippen LogP contribution is 2.12. The third-order valence-corrected chi connectivity index (χ3v) is 3.51. The number of amidine groups is 1. The third kappa shape index (κ3) is 7.00. The molecule has 0 saturated heterocycles. The van der Waals surface area contributed by atoms with Crippen molar-refractivity contribution < 1.29 is 19.0 Å². The van der Waals surface area contributed by atoms with Gasteiger partial charge in [-0.05, 0) is 38.0 Å². The number of benzene rings is 1. The summed E-state index contributed by atoms with van der Waals surface area (Å²) in [4.78, 5) is 16.9. The van der Waals surface area contributed by atoms with Crippen LogP contribution in [0.2, 0.25) is 0 Å². The topological polar surface area (TPSA) is 69.2 Å². The molecule has 6 nitrogen and oxygen atoms in total. The van der Waals surface area contributed by atoms with E-state index in [-0.39, 0.29) is 18.0 Å². The Morgan fingerprint density at radius 1 is 1.25 bits per heavy atom. The lowest BCUT2D eigenvalue weighted by atomic mass is 10.1. The van der Waals surface area contributed by atoms with E-state index in [0.717, 1.165) is 0 Å². The van der Waals surface area contributed by atoms with Crippen LogP contribution in [0.4, 0.5) is 0 Å². The van der Waals surface area contributed by atoms with Crippen LogP contribution in [0.25, 0.3) is 0 Å². The maximum Gasteiger partial charge on any atom is 0.292 e. The van der Waals surface area contributed by atoms with Crippen LogP contribution in [0, 0.1) is 5.92 Å². The first-order valence-corrected chi connectivity index (χ1v) is 8.21. The monoisotopic (exact) mass is 336 g/mol. The molecule has 1 atom stereocenters. The lowest BCUT2D eigenvalue weighted by Crippen LogP contribution is -2.34. The van der Waals surface area contributed by atoms with Crippen molar-refractivity contribution in [2.45, 2.75) is 33.7 Å². The molecule has 0 saturated carbocycles. The van der Waals surface area contributed by atoms with Crippen LogP contribution < -0.4 is 10.1 Å². The molecule has 1 N–H and O–H groups in total. The fourth-order valence-corrected chi connectivity index (χ4v) is 1.71. The zero-order valence-corrected chi connectivity index (χ0v) is 15.2. The minimum atomic E-state index is -0.292. The van der Waals surface area contributed by atoms with Crippen LogP contribution in [0.1, 0.15) is 38.1 Å². The van der Waals surface area contributed by atoms with Crippen LogP contribution in [0.15, 0.2) is 29.3 Å². The molecule has 1 aromatic rings. The highest BCUT2D eigenvalue weighted by Gasteiger charge is 2.14. The van der Waals surface area contributed by atoms with Gasteiger partial charge in [0.1, 0.15) is 12.4 Å². The first-order chi connectivity index (χ1) is 11.5. The number of nitrogens with zero attached hydrogens (tertiary/aromatic N) is 1. The second-order valence-corrected chi connectivity index (χ2v) is 5.65. The first kappa shape index (κ1) is 20.0. The second-order valence-electron chi connectivity index (χ2n) is 5.65. The van der Waals surface area contributed by atoms with Gasteiger partial charge in [-0.15, -0.1) is 0 Å². The average molecular weight is 336 g/mol. The normalized spacial score (nSPS) is 12.8. The van der Waals surface area contributed by atoms with Crippen molar-refractivity contribution >= 4 is 11.9 Å². The van der Waals surface area contributed by atoms with E-state index in [4.69, 9.17) is 14.2 Å². The van der Waals surface area contributed by atoms with E-state index in [1.54, 1.807) is 31.4 Å². The number of aliphatic imine (C=N–C) groups is 1. The smallest absolute Gasteiger partial charge is 0.292 e. The molecule has 1 amide bonds. The van der Waals surface area contributed by atoms with E-state index in [1.165, 1.54) is 0 Å². The Kier molecular flexibility index (Phi) is 8.86. The predicted octanol–water partition coefficient (Wildman–Crippen LogP) is 2.88. The molecule has 6 heteroatoms. The Bertz CT molecular complexity index is 544. The summed E-state index contributed by atoms with van der Waals surface area (Å²) in [6.45, 7) is 9.42. The molecule has 0 spiro atoms. The maximum atomic E-state index is 12.4. The minimum Gasteiger partial charge on any atom is -0.497 e. The number of ether oxygens (including phenoxy) is 3. The van der Waals surface area contributed by atoms with Gasteiger partial charge in [-0.25, -0.2) is 4.99 Å². The lowest BCUT2D eigenvalue weighted by molar-refractivity contribution is 0.0920. The molecule has 0 aromatic heterocycles. The van der Waals surface area contributed by atoms with Crippen LogP contribution in [-0.2, 0) is 9.47 Å². The van der Waals surface area contributed by atoms with Crippen LogP contribution >= 0.6 is 0 Å². The Morgan fingerprint density at radius 2 is 2.00 bits per heavy atom. The predicted molar refractivity (Wildman–Crippen MR) is 94.6 cm³/mol. The first-order valence-electron chi connectivity index (χ1n) is 8.21. The van der Waals surface area contributed by atoms with Crippen molar-refractivity contribution in [2.75, 3.05) is 26.9 Å². The number of carbonyl (C=O) groups is 1. The van der Waals surface area contributed by atoms with Gasteiger partial charge in [0, 0.05) is 12.2 Å². The molecular weight excluding hydrogens is 308 g/mol. The SMILES string of the molecule is CCOCCOC(=N[C@@H](C)C(C)C)NC(=O)c1cccc(OC)c1. The summed E-state index contributed by atoms with van der Waals surface area (Å²) in [5.41, 5.74) is 0.479. The van der Waals surface area contributed by atoms with Gasteiger partial charge in [0.2, 0.25) is 0 Å². The molecular formula is C18H28N2O4. The Labute approximate surface area is 144 Å². The number of rotatable bonds is 8. The maximum absolute atomic E-state index is 12.4. The average Bonchev–Trinajstić information content (AvgIpc) is 2.58. The van der Waals surface area contributed by atoms with Gasteiger partial charge in [-0.2, -0.15) is 0 Å². The molecule has 0 aliphatic heterocycles. The quantitative estimate of drug-likeness (QED) is 0.450. The molecule has 0 radical (unpaired) electrons. The van der Waals surface area contributed by atoms with E-state index >= 15 is 0 Å². The Morgan fingerprint density at radius 3 is 2.62 bits per heavy atom. The summed E-state index contributed by atoms with van der Waals surface area (Å²) in [5.74, 6) is 0.665. The van der Waals surface area contributed by atoms with Gasteiger partial charge in [-0.3, -0.25) is 10.1 Å². The largest absolute Gasteiger partial charge is 0.497 e. The standard InChI is InChI=1S/C18H28N2O4/c1-6-23-10-11-24-18(19-14(4)13(2)3)20-17(21)15-8-7-9-16(12-15)22-5/h7-9,12-14H,6,10-11H2,1-5H3,(H,19,20,21)/t14-/m0/s1. The van der Waals surface area contributed by atoms with Crippen molar-refractivity contribution in [1.29, 1.82) is 0 Å². The Balaban J connectivity index is 2.79. The highest BCUT2D eigenvalue weighted by molar-refractivity contribution is 6.04. The molecule has 1 rings (SSSR count). The summed E-state index contributed by atoms with van der Waals surface area (Å²) in [5, 5.41) is 2.73. The van der Waals surface area contributed by atoms with Gasteiger partial charge in [0.05, 0.1) is 19.8 Å². The summed E-state index contributed by atoms with van der Waals surface area (Å²) < 4.78 is 16.0. The van der Waals surface area contributed by atoms with Gasteiger partial charge < -0.3 is 14.2 Å². The third-order valence-electron chi connectivity index (χ3n) is 3.51. The zero-order valence-electron chi connectivity index (χ0n) is 15.2. The fourth-order valence-electron chi connectivity index (χ4n) is 1.71. The number of amides is 1. The summed E-state index contributed by atoms with van der Waals surface area (Å²) >= 11 is 0. The number of carbonyl (C=O) groups excluding carboxylic acids is 1. The molecule has 0 heterocycles. The van der Waals surface area contributed by atoms with Crippen LogP contribution in [0.3, 0.4) is 0 Å². The van der Waals surface area contributed by atoms with E-state index in [2.05, 4.69) is 24.2 Å². The molecule has 0 unspecified atom stereocenters. The van der Waals surface area contributed by atoms with Crippen molar-refractivity contribution in [3.05, 3.63) is 29.8 Å². The van der Waals surface area contributed by atoms with Crippen LogP contribution in [-0.4, -0.2) is 44.9 Å². The van der Waals surface area contributed by atoms with E-state index in [9.17, 15) is 4.79 Å². The zero-order chi connectivity index (χ0) is 17.9. The van der Waals surface area contributed by atoms with Gasteiger partial charge in [0.25, 0.3) is 11.9 Å². The lowest BCUT2D eigenvalue weighted by Gasteiger charge is -2.15. The number of hydrogen-bond acceptors (Lipinski definition) is 5. The van der Waals surface area contributed by atoms with Gasteiger partial charge in [-0.1, -0.05) is 19.9 Å². The number of hydrogen-bond donors (Lipinski definition) is 1. The number of methoxy groups -OCH3 is 1. The summed E-state index contributed by atoms with van der Waals surface area (Å²) in [6, 6.07) is 7.16. The van der Waals surface area contributed by atoms with E-state index in [0.29, 0.717) is 37.1 Å². The fraction of sp³-hybridized carbons (Fsp3) is 0.556. The van der Waals surface area contributed by atoms with E-state index < -0.39 is 0 Å². The van der Waals surface area contributed by atoms with Crippen molar-refractivity contribution in [1.82, 2.24) is 5.32 Å². The second kappa shape index (κ2) is 10.6. The van der Waals surface area contributed by atoms with Gasteiger partial charge >= 0.3 is 0 Å². The summed E-state index contributed by atoms with van der Waals surface area (Å²) in [6.07, 6.45) is 0. The van der Waals surface area contributed by atoms with Gasteiger partial charge in [0.15, 0.2) is 0 Å². The molecule has 0 bridgehead atoms.